The fourth-order valence-corrected chi connectivity index (χ4v) is 0.548. The topological polar surface area (TPSA) is 29.1 Å². The van der Waals surface area contributed by atoms with E-state index in [-0.39, 0.29) is 11.9 Å². The minimum absolute atomic E-state index is 0.0301. The number of nitrogens with one attached hydrogen (secondary N) is 1. The van der Waals surface area contributed by atoms with Gasteiger partial charge >= 0.3 is 0 Å². The van der Waals surface area contributed by atoms with Gasteiger partial charge in [-0.25, -0.2) is 0 Å². The van der Waals surface area contributed by atoms with Crippen LogP contribution in [0.3, 0.4) is 0 Å². The first-order chi connectivity index (χ1) is 4.34. The van der Waals surface area contributed by atoms with Gasteiger partial charge < -0.3 is 5.32 Å². The monoisotopic (exact) mass is 207 g/mol. The van der Waals surface area contributed by atoms with Crippen LogP contribution < -0.4 is 5.32 Å². The summed E-state index contributed by atoms with van der Waals surface area (Å²) in [5.74, 6) is 0.0301. The zero-order chi connectivity index (χ0) is 8.36. The number of carbonyl (C=O) groups is 1. The van der Waals surface area contributed by atoms with Crippen LogP contribution in [0.1, 0.15) is 27.7 Å². The molecule has 0 radical (unpaired) electrons. The second-order valence-corrected chi connectivity index (χ2v) is 5.08. The number of hydrogen-bond acceptors (Lipinski definition) is 1. The van der Waals surface area contributed by atoms with Gasteiger partial charge in [-0.3, -0.25) is 4.79 Å². The number of carbonyl (C=O) groups excluding carboxylic acids is 1. The van der Waals surface area contributed by atoms with Crippen molar-refractivity contribution in [3.05, 3.63) is 0 Å². The Morgan fingerprint density at radius 3 is 2.00 bits per heavy atom. The molecule has 0 saturated heterocycles. The lowest BCUT2D eigenvalue weighted by Crippen LogP contribution is -2.41. The van der Waals surface area contributed by atoms with E-state index in [4.69, 9.17) is 0 Å². The number of hydrogen-bond donors (Lipinski definition) is 1. The van der Waals surface area contributed by atoms with Crippen LogP contribution in [-0.4, -0.2) is 16.3 Å². The van der Waals surface area contributed by atoms with Crippen molar-refractivity contribution in [1.29, 1.82) is 0 Å². The van der Waals surface area contributed by atoms with Gasteiger partial charge in [0, 0.05) is 6.04 Å². The van der Waals surface area contributed by atoms with E-state index in [1.807, 2.05) is 27.7 Å². The second-order valence-electron chi connectivity index (χ2n) is 3.10. The highest BCUT2D eigenvalue weighted by atomic mass is 79.9. The Morgan fingerprint density at radius 1 is 1.50 bits per heavy atom. The standard InChI is InChI=1S/C7H14BrNO/c1-5(2)9-6(10)7(3,4)8/h5H,1-4H3,(H,9,10). The van der Waals surface area contributed by atoms with Crippen molar-refractivity contribution >= 4 is 21.8 Å². The van der Waals surface area contributed by atoms with Crippen molar-refractivity contribution in [2.45, 2.75) is 38.1 Å². The van der Waals surface area contributed by atoms with Gasteiger partial charge in [0.25, 0.3) is 0 Å². The van der Waals surface area contributed by atoms with E-state index in [1.165, 1.54) is 0 Å². The highest BCUT2D eigenvalue weighted by Gasteiger charge is 2.23. The fourth-order valence-electron chi connectivity index (χ4n) is 0.434. The largest absolute Gasteiger partial charge is 0.353 e. The second kappa shape index (κ2) is 3.37. The molecule has 0 spiro atoms. The molecule has 0 saturated carbocycles. The molecule has 0 aromatic carbocycles. The molecule has 0 rings (SSSR count). The summed E-state index contributed by atoms with van der Waals surface area (Å²) in [6.45, 7) is 7.53. The van der Waals surface area contributed by atoms with Crippen molar-refractivity contribution in [3.63, 3.8) is 0 Å². The maximum absolute atomic E-state index is 11.1. The van der Waals surface area contributed by atoms with Crippen LogP contribution in [0.2, 0.25) is 0 Å². The minimum Gasteiger partial charge on any atom is -0.353 e. The normalized spacial score (nSPS) is 11.8. The average molecular weight is 208 g/mol. The molecule has 1 amide bonds. The van der Waals surface area contributed by atoms with Gasteiger partial charge in [-0.1, -0.05) is 15.9 Å². The van der Waals surface area contributed by atoms with E-state index < -0.39 is 4.32 Å². The van der Waals surface area contributed by atoms with Crippen molar-refractivity contribution < 1.29 is 4.79 Å². The van der Waals surface area contributed by atoms with E-state index in [9.17, 15) is 4.79 Å². The van der Waals surface area contributed by atoms with Crippen molar-refractivity contribution in [2.75, 3.05) is 0 Å². The highest BCUT2D eigenvalue weighted by Crippen LogP contribution is 2.15. The van der Waals surface area contributed by atoms with Crippen LogP contribution in [0.15, 0.2) is 0 Å². The molecule has 0 unspecified atom stereocenters. The molecule has 0 aliphatic rings. The first kappa shape index (κ1) is 9.95. The van der Waals surface area contributed by atoms with Gasteiger partial charge in [0.15, 0.2) is 0 Å². The van der Waals surface area contributed by atoms with Gasteiger partial charge in [-0.05, 0) is 27.7 Å². The van der Waals surface area contributed by atoms with Crippen LogP contribution in [0.4, 0.5) is 0 Å². The van der Waals surface area contributed by atoms with E-state index in [1.54, 1.807) is 0 Å². The number of halogens is 1. The third-order valence-electron chi connectivity index (χ3n) is 0.960. The maximum atomic E-state index is 11.1. The minimum atomic E-state index is -0.447. The van der Waals surface area contributed by atoms with Crippen molar-refractivity contribution in [2.24, 2.45) is 0 Å². The predicted molar refractivity (Wildman–Crippen MR) is 46.3 cm³/mol. The summed E-state index contributed by atoms with van der Waals surface area (Å²) in [5.41, 5.74) is 0. The first-order valence-corrected chi connectivity index (χ1v) is 4.13. The van der Waals surface area contributed by atoms with E-state index in [0.29, 0.717) is 0 Å². The number of amides is 1. The lowest BCUT2D eigenvalue weighted by molar-refractivity contribution is -0.122. The molecule has 60 valence electrons. The molecular formula is C7H14BrNO. The van der Waals surface area contributed by atoms with Crippen LogP contribution >= 0.6 is 15.9 Å². The molecule has 0 heterocycles. The summed E-state index contributed by atoms with van der Waals surface area (Å²) in [4.78, 5) is 11.1. The van der Waals surface area contributed by atoms with Crippen LogP contribution in [0, 0.1) is 0 Å². The lowest BCUT2D eigenvalue weighted by Gasteiger charge is -2.17. The summed E-state index contributed by atoms with van der Waals surface area (Å²) in [6, 6.07) is 0.212. The quantitative estimate of drug-likeness (QED) is 0.687. The SMILES string of the molecule is CC(C)NC(=O)C(C)(C)Br. The third-order valence-corrected chi connectivity index (χ3v) is 1.32. The summed E-state index contributed by atoms with van der Waals surface area (Å²) in [6.07, 6.45) is 0. The molecule has 0 bridgehead atoms. The Kier molecular flexibility index (Phi) is 3.36. The Bertz CT molecular complexity index is 126. The first-order valence-electron chi connectivity index (χ1n) is 3.34. The number of alkyl halides is 1. The Hall–Kier alpha value is -0.0500. The summed E-state index contributed by atoms with van der Waals surface area (Å²) >= 11 is 3.26. The average Bonchev–Trinajstić information content (AvgIpc) is 1.60. The smallest absolute Gasteiger partial charge is 0.236 e. The summed E-state index contributed by atoms with van der Waals surface area (Å²) in [5, 5.41) is 2.80. The van der Waals surface area contributed by atoms with E-state index >= 15 is 0 Å². The molecule has 0 atom stereocenters. The summed E-state index contributed by atoms with van der Waals surface area (Å²) in [7, 11) is 0. The molecule has 3 heteroatoms. The summed E-state index contributed by atoms with van der Waals surface area (Å²) < 4.78 is -0.447. The van der Waals surface area contributed by atoms with Gasteiger partial charge in [0.2, 0.25) is 5.91 Å². The maximum Gasteiger partial charge on any atom is 0.236 e. The van der Waals surface area contributed by atoms with Crippen LogP contribution in [0.25, 0.3) is 0 Å². The molecule has 10 heavy (non-hydrogen) atoms. The van der Waals surface area contributed by atoms with Crippen molar-refractivity contribution in [1.82, 2.24) is 5.32 Å². The molecule has 1 N–H and O–H groups in total. The molecular weight excluding hydrogens is 194 g/mol. The molecule has 0 aromatic heterocycles. The van der Waals surface area contributed by atoms with Crippen molar-refractivity contribution in [3.8, 4) is 0 Å². The molecule has 0 aliphatic heterocycles. The third kappa shape index (κ3) is 3.88. The molecule has 0 fully saturated rings. The fraction of sp³-hybridized carbons (Fsp3) is 0.857. The lowest BCUT2D eigenvalue weighted by atomic mass is 10.2. The highest BCUT2D eigenvalue weighted by molar-refractivity contribution is 9.10. The zero-order valence-corrected chi connectivity index (χ0v) is 8.45. The van der Waals surface area contributed by atoms with Gasteiger partial charge in [-0.2, -0.15) is 0 Å². The van der Waals surface area contributed by atoms with E-state index in [0.717, 1.165) is 0 Å². The predicted octanol–water partition coefficient (Wildman–Crippen LogP) is 1.68. The zero-order valence-electron chi connectivity index (χ0n) is 6.86. The van der Waals surface area contributed by atoms with Gasteiger partial charge in [-0.15, -0.1) is 0 Å². The Labute approximate surface area is 70.5 Å². The van der Waals surface area contributed by atoms with Crippen LogP contribution in [-0.2, 0) is 4.79 Å². The van der Waals surface area contributed by atoms with Gasteiger partial charge in [0.1, 0.15) is 0 Å². The van der Waals surface area contributed by atoms with E-state index in [2.05, 4.69) is 21.2 Å². The van der Waals surface area contributed by atoms with Gasteiger partial charge in [0.05, 0.1) is 4.32 Å². The Balaban J connectivity index is 3.87. The van der Waals surface area contributed by atoms with Crippen LogP contribution in [0.5, 0.6) is 0 Å². The molecule has 2 nitrogen and oxygen atoms in total. The molecule has 0 aliphatic carbocycles. The molecule has 0 aromatic rings. The number of rotatable bonds is 2. The Morgan fingerprint density at radius 2 is 1.90 bits per heavy atom.